The topological polar surface area (TPSA) is 58.2 Å². The molecule has 1 saturated carbocycles. The van der Waals surface area contributed by atoms with Crippen LogP contribution >= 0.6 is 11.3 Å². The zero-order valence-electron chi connectivity index (χ0n) is 13.0. The fourth-order valence-electron chi connectivity index (χ4n) is 3.03. The van der Waals surface area contributed by atoms with Gasteiger partial charge < -0.3 is 10.6 Å². The molecule has 1 heterocycles. The number of hydrogen-bond acceptors (Lipinski definition) is 3. The number of carbonyl (C=O) groups excluding carboxylic acids is 2. The van der Waals surface area contributed by atoms with Crippen LogP contribution in [0.5, 0.6) is 0 Å². The summed E-state index contributed by atoms with van der Waals surface area (Å²) in [5.74, 6) is -1.21. The number of benzene rings is 1. The van der Waals surface area contributed by atoms with E-state index in [-0.39, 0.29) is 17.5 Å². The van der Waals surface area contributed by atoms with Crippen molar-refractivity contribution in [2.75, 3.05) is 5.32 Å². The summed E-state index contributed by atoms with van der Waals surface area (Å²) in [7, 11) is 0. The third-order valence-electron chi connectivity index (χ3n) is 4.41. The van der Waals surface area contributed by atoms with Crippen molar-refractivity contribution >= 4 is 28.2 Å². The maximum Gasteiger partial charge on any atom is 0.259 e. The number of fused-ring (bicyclic) bond motifs is 1. The van der Waals surface area contributed by atoms with E-state index in [1.54, 1.807) is 12.1 Å². The third-order valence-corrected chi connectivity index (χ3v) is 5.61. The van der Waals surface area contributed by atoms with Gasteiger partial charge in [0.25, 0.3) is 11.8 Å². The molecule has 1 aromatic carbocycles. The van der Waals surface area contributed by atoms with Crippen LogP contribution in [-0.2, 0) is 12.8 Å². The smallest absolute Gasteiger partial charge is 0.259 e. The fourth-order valence-corrected chi connectivity index (χ4v) is 4.32. The van der Waals surface area contributed by atoms with Crippen LogP contribution in [0.3, 0.4) is 0 Å². The van der Waals surface area contributed by atoms with Gasteiger partial charge in [0.05, 0.1) is 11.1 Å². The van der Waals surface area contributed by atoms with E-state index in [2.05, 4.69) is 10.6 Å². The van der Waals surface area contributed by atoms with E-state index in [9.17, 15) is 14.0 Å². The summed E-state index contributed by atoms with van der Waals surface area (Å²) < 4.78 is 13.8. The predicted molar refractivity (Wildman–Crippen MR) is 91.2 cm³/mol. The summed E-state index contributed by atoms with van der Waals surface area (Å²) in [4.78, 5) is 26.1. The zero-order valence-corrected chi connectivity index (χ0v) is 13.8. The molecule has 0 bridgehead atoms. The summed E-state index contributed by atoms with van der Waals surface area (Å²) in [5, 5.41) is 6.28. The number of aryl methyl sites for hydroxylation is 1. The van der Waals surface area contributed by atoms with Gasteiger partial charge in [0.1, 0.15) is 10.8 Å². The molecule has 4 rings (SSSR count). The number of carbonyl (C=O) groups is 2. The molecule has 0 atom stereocenters. The molecule has 24 heavy (non-hydrogen) atoms. The van der Waals surface area contributed by atoms with Crippen LogP contribution in [0.4, 0.5) is 9.39 Å². The highest BCUT2D eigenvalue weighted by Gasteiger charge is 2.31. The van der Waals surface area contributed by atoms with Gasteiger partial charge in [-0.25, -0.2) is 4.39 Å². The molecule has 0 radical (unpaired) electrons. The fraction of sp³-hybridized carbons (Fsp3) is 0.333. The monoisotopic (exact) mass is 344 g/mol. The van der Waals surface area contributed by atoms with Crippen molar-refractivity contribution in [3.8, 4) is 0 Å². The van der Waals surface area contributed by atoms with Crippen molar-refractivity contribution in [2.24, 2.45) is 0 Å². The Labute approximate surface area is 143 Å². The minimum atomic E-state index is -0.567. The number of hydrogen-bond donors (Lipinski definition) is 2. The standard InChI is InChI=1S/C18H17FN2O2S/c19-13-6-2-1-4-11(13)16(22)21-18-15(17(23)20-10-8-9-10)12-5-3-7-14(12)24-18/h1-2,4,6,10H,3,5,7-9H2,(H,20,23)(H,21,22). The highest BCUT2D eigenvalue weighted by molar-refractivity contribution is 7.17. The highest BCUT2D eigenvalue weighted by Crippen LogP contribution is 2.39. The molecule has 0 spiro atoms. The lowest BCUT2D eigenvalue weighted by Gasteiger charge is -2.09. The first-order valence-corrected chi connectivity index (χ1v) is 8.96. The molecule has 1 aromatic heterocycles. The third kappa shape index (κ3) is 2.82. The van der Waals surface area contributed by atoms with Gasteiger partial charge in [-0.1, -0.05) is 12.1 Å². The summed E-state index contributed by atoms with van der Waals surface area (Å²) in [6.07, 6.45) is 4.84. The van der Waals surface area contributed by atoms with Crippen molar-refractivity contribution in [1.82, 2.24) is 5.32 Å². The number of anilines is 1. The van der Waals surface area contributed by atoms with E-state index >= 15 is 0 Å². The normalized spacial score (nSPS) is 15.9. The number of thiophene rings is 1. The summed E-state index contributed by atoms with van der Waals surface area (Å²) in [5.41, 5.74) is 1.60. The molecular formula is C18H17FN2O2S. The molecule has 2 aromatic rings. The molecule has 2 N–H and O–H groups in total. The van der Waals surface area contributed by atoms with Crippen LogP contribution in [-0.4, -0.2) is 17.9 Å². The lowest BCUT2D eigenvalue weighted by Crippen LogP contribution is -2.27. The largest absolute Gasteiger partial charge is 0.349 e. The quantitative estimate of drug-likeness (QED) is 0.891. The molecule has 1 fully saturated rings. The van der Waals surface area contributed by atoms with E-state index < -0.39 is 11.7 Å². The van der Waals surface area contributed by atoms with Crippen molar-refractivity contribution in [3.05, 3.63) is 51.7 Å². The zero-order chi connectivity index (χ0) is 16.7. The molecule has 0 saturated heterocycles. The summed E-state index contributed by atoms with van der Waals surface area (Å²) >= 11 is 1.44. The number of nitrogens with one attached hydrogen (secondary N) is 2. The van der Waals surface area contributed by atoms with E-state index in [0.717, 1.165) is 42.5 Å². The van der Waals surface area contributed by atoms with E-state index in [4.69, 9.17) is 0 Å². The Morgan fingerprint density at radius 1 is 1.12 bits per heavy atom. The first-order chi connectivity index (χ1) is 11.6. The molecular weight excluding hydrogens is 327 g/mol. The van der Waals surface area contributed by atoms with Crippen LogP contribution in [0, 0.1) is 5.82 Å². The summed E-state index contributed by atoms with van der Waals surface area (Å²) in [6.45, 7) is 0. The molecule has 6 heteroatoms. The van der Waals surface area contributed by atoms with Gasteiger partial charge in [-0.3, -0.25) is 9.59 Å². The average Bonchev–Trinajstić information content (AvgIpc) is 3.13. The lowest BCUT2D eigenvalue weighted by atomic mass is 10.1. The predicted octanol–water partition coefficient (Wildman–Crippen LogP) is 3.52. The van der Waals surface area contributed by atoms with Gasteiger partial charge in [0, 0.05) is 10.9 Å². The molecule has 4 nitrogen and oxygen atoms in total. The van der Waals surface area contributed by atoms with Gasteiger partial charge in [0.15, 0.2) is 0 Å². The second kappa shape index (κ2) is 6.02. The van der Waals surface area contributed by atoms with Crippen molar-refractivity contribution < 1.29 is 14.0 Å². The maximum atomic E-state index is 13.8. The van der Waals surface area contributed by atoms with Crippen LogP contribution in [0.15, 0.2) is 24.3 Å². The molecule has 2 aliphatic rings. The van der Waals surface area contributed by atoms with Crippen LogP contribution < -0.4 is 10.6 Å². The van der Waals surface area contributed by atoms with Gasteiger partial charge >= 0.3 is 0 Å². The number of rotatable bonds is 4. The molecule has 0 unspecified atom stereocenters. The maximum absolute atomic E-state index is 13.8. The Bertz CT molecular complexity index is 826. The minimum absolute atomic E-state index is 0.0142. The van der Waals surface area contributed by atoms with E-state index in [0.29, 0.717) is 10.6 Å². The summed E-state index contributed by atoms with van der Waals surface area (Å²) in [6, 6.07) is 6.11. The first kappa shape index (κ1) is 15.3. The Balaban J connectivity index is 1.64. The van der Waals surface area contributed by atoms with Crippen molar-refractivity contribution in [1.29, 1.82) is 0 Å². The lowest BCUT2D eigenvalue weighted by molar-refractivity contribution is 0.0951. The molecule has 2 amide bonds. The molecule has 2 aliphatic carbocycles. The Hall–Kier alpha value is -2.21. The van der Waals surface area contributed by atoms with Gasteiger partial charge in [-0.2, -0.15) is 0 Å². The van der Waals surface area contributed by atoms with Crippen LogP contribution in [0.1, 0.15) is 50.4 Å². The Morgan fingerprint density at radius 3 is 2.67 bits per heavy atom. The van der Waals surface area contributed by atoms with Crippen molar-refractivity contribution in [3.63, 3.8) is 0 Å². The molecule has 0 aliphatic heterocycles. The van der Waals surface area contributed by atoms with E-state index in [1.165, 1.54) is 23.5 Å². The van der Waals surface area contributed by atoms with Crippen molar-refractivity contribution in [2.45, 2.75) is 38.1 Å². The second-order valence-electron chi connectivity index (χ2n) is 6.24. The Morgan fingerprint density at radius 2 is 1.92 bits per heavy atom. The van der Waals surface area contributed by atoms with E-state index in [1.807, 2.05) is 0 Å². The minimum Gasteiger partial charge on any atom is -0.349 e. The highest BCUT2D eigenvalue weighted by atomic mass is 32.1. The van der Waals surface area contributed by atoms with Crippen LogP contribution in [0.2, 0.25) is 0 Å². The van der Waals surface area contributed by atoms with Gasteiger partial charge in [-0.15, -0.1) is 11.3 Å². The SMILES string of the molecule is O=C(Nc1sc2c(c1C(=O)NC1CC1)CCC2)c1ccccc1F. The average molecular weight is 344 g/mol. The molecule has 124 valence electrons. The first-order valence-electron chi connectivity index (χ1n) is 8.15. The number of halogens is 1. The van der Waals surface area contributed by atoms with Gasteiger partial charge in [-0.05, 0) is 49.8 Å². The second-order valence-corrected chi connectivity index (χ2v) is 7.35. The number of amides is 2. The van der Waals surface area contributed by atoms with Crippen LogP contribution in [0.25, 0.3) is 0 Å². The van der Waals surface area contributed by atoms with Gasteiger partial charge in [0.2, 0.25) is 0 Å². The Kier molecular flexibility index (Phi) is 3.84.